The highest BCUT2D eigenvalue weighted by Gasteiger charge is 2.18. The van der Waals surface area contributed by atoms with E-state index < -0.39 is 10.0 Å². The van der Waals surface area contributed by atoms with Crippen molar-refractivity contribution in [2.45, 2.75) is 38.1 Å². The van der Waals surface area contributed by atoms with E-state index in [-0.39, 0.29) is 6.04 Å². The van der Waals surface area contributed by atoms with Gasteiger partial charge in [0.2, 0.25) is 10.0 Å². The van der Waals surface area contributed by atoms with E-state index in [4.69, 9.17) is 0 Å². The van der Waals surface area contributed by atoms with Gasteiger partial charge in [-0.05, 0) is 42.2 Å². The molecule has 0 saturated heterocycles. The zero-order valence-corrected chi connectivity index (χ0v) is 12.9. The molecular weight excluding hydrogens is 270 g/mol. The van der Waals surface area contributed by atoms with Crippen molar-refractivity contribution in [3.63, 3.8) is 0 Å². The summed E-state index contributed by atoms with van der Waals surface area (Å²) >= 11 is 0. The topological polar surface area (TPSA) is 46.2 Å². The van der Waals surface area contributed by atoms with Gasteiger partial charge in [0.25, 0.3) is 0 Å². The highest BCUT2D eigenvalue weighted by atomic mass is 32.2. The minimum Gasteiger partial charge on any atom is -0.208 e. The van der Waals surface area contributed by atoms with E-state index in [2.05, 4.69) is 18.6 Å². The van der Waals surface area contributed by atoms with E-state index in [9.17, 15) is 8.42 Å². The minimum atomic E-state index is -3.45. The summed E-state index contributed by atoms with van der Waals surface area (Å²) in [5, 5.41) is 1.98. The first kappa shape index (κ1) is 15.0. The lowest BCUT2D eigenvalue weighted by atomic mass is 10.1. The normalized spacial score (nSPS) is 13.8. The van der Waals surface area contributed by atoms with Crippen LogP contribution >= 0.6 is 0 Å². The van der Waals surface area contributed by atoms with Crippen molar-refractivity contribution in [1.29, 1.82) is 0 Å². The first-order chi connectivity index (χ1) is 9.38. The molecule has 2 aromatic carbocycles. The lowest BCUT2D eigenvalue weighted by Gasteiger charge is -2.16. The Balaban J connectivity index is 2.27. The Morgan fingerprint density at radius 2 is 1.65 bits per heavy atom. The highest BCUT2D eigenvalue weighted by molar-refractivity contribution is 7.89. The maximum atomic E-state index is 12.4. The zero-order chi connectivity index (χ0) is 14.8. The summed E-state index contributed by atoms with van der Waals surface area (Å²) in [6.45, 7) is 6.07. The van der Waals surface area contributed by atoms with E-state index in [0.717, 1.165) is 17.2 Å². The molecule has 20 heavy (non-hydrogen) atoms. The van der Waals surface area contributed by atoms with Crippen LogP contribution in [-0.4, -0.2) is 14.5 Å². The van der Waals surface area contributed by atoms with Crippen LogP contribution in [0.5, 0.6) is 0 Å². The van der Waals surface area contributed by atoms with E-state index >= 15 is 0 Å². The van der Waals surface area contributed by atoms with Crippen molar-refractivity contribution in [3.05, 3.63) is 42.5 Å². The first-order valence-corrected chi connectivity index (χ1v) is 8.38. The number of hydrogen-bond acceptors (Lipinski definition) is 2. The van der Waals surface area contributed by atoms with Crippen molar-refractivity contribution in [2.75, 3.05) is 0 Å². The lowest BCUT2D eigenvalue weighted by Crippen LogP contribution is -2.33. The maximum absolute atomic E-state index is 12.4. The SMILES string of the molecule is CC(C)CC(C)NS(=O)(=O)c1ccc2ccccc2c1. The highest BCUT2D eigenvalue weighted by Crippen LogP contribution is 2.19. The lowest BCUT2D eigenvalue weighted by molar-refractivity contribution is 0.482. The molecule has 1 atom stereocenters. The number of rotatable bonds is 5. The number of sulfonamides is 1. The van der Waals surface area contributed by atoms with Crippen molar-refractivity contribution in [3.8, 4) is 0 Å². The predicted molar refractivity (Wildman–Crippen MR) is 83.2 cm³/mol. The van der Waals surface area contributed by atoms with Crippen LogP contribution in [0.4, 0.5) is 0 Å². The third-order valence-electron chi connectivity index (χ3n) is 3.21. The second kappa shape index (κ2) is 5.94. The van der Waals surface area contributed by atoms with E-state index in [1.807, 2.05) is 37.3 Å². The molecule has 1 N–H and O–H groups in total. The minimum absolute atomic E-state index is 0.0635. The molecule has 0 aromatic heterocycles. The maximum Gasteiger partial charge on any atom is 0.240 e. The number of nitrogens with one attached hydrogen (secondary N) is 1. The number of hydrogen-bond donors (Lipinski definition) is 1. The molecule has 0 heterocycles. The van der Waals surface area contributed by atoms with Gasteiger partial charge in [-0.25, -0.2) is 13.1 Å². The van der Waals surface area contributed by atoms with Gasteiger partial charge in [-0.3, -0.25) is 0 Å². The number of benzene rings is 2. The third kappa shape index (κ3) is 3.58. The Bertz CT molecular complexity index is 692. The molecule has 0 amide bonds. The van der Waals surface area contributed by atoms with Crippen LogP contribution in [-0.2, 0) is 10.0 Å². The molecule has 1 unspecified atom stereocenters. The van der Waals surface area contributed by atoms with Gasteiger partial charge in [-0.1, -0.05) is 44.2 Å². The van der Waals surface area contributed by atoms with Crippen molar-refractivity contribution in [2.24, 2.45) is 5.92 Å². The molecule has 0 saturated carbocycles. The van der Waals surface area contributed by atoms with Gasteiger partial charge in [-0.2, -0.15) is 0 Å². The van der Waals surface area contributed by atoms with Crippen molar-refractivity contribution in [1.82, 2.24) is 4.72 Å². The van der Waals surface area contributed by atoms with Gasteiger partial charge in [0.05, 0.1) is 4.90 Å². The molecule has 0 aliphatic heterocycles. The summed E-state index contributed by atoms with van der Waals surface area (Å²) in [4.78, 5) is 0.326. The molecule has 2 rings (SSSR count). The smallest absolute Gasteiger partial charge is 0.208 e. The second-order valence-corrected chi connectivity index (χ2v) is 7.37. The number of fused-ring (bicyclic) bond motifs is 1. The Labute approximate surface area is 121 Å². The fourth-order valence-corrected chi connectivity index (χ4v) is 3.71. The summed E-state index contributed by atoms with van der Waals surface area (Å²) < 4.78 is 27.5. The van der Waals surface area contributed by atoms with Gasteiger partial charge in [0.1, 0.15) is 0 Å². The molecule has 0 bridgehead atoms. The van der Waals surface area contributed by atoms with Gasteiger partial charge in [0, 0.05) is 6.04 Å². The summed E-state index contributed by atoms with van der Waals surface area (Å²) in [5.41, 5.74) is 0. The fraction of sp³-hybridized carbons (Fsp3) is 0.375. The first-order valence-electron chi connectivity index (χ1n) is 6.89. The molecule has 108 valence electrons. The average molecular weight is 291 g/mol. The monoisotopic (exact) mass is 291 g/mol. The van der Waals surface area contributed by atoms with E-state index in [0.29, 0.717) is 10.8 Å². The van der Waals surface area contributed by atoms with Crippen LogP contribution in [0.1, 0.15) is 27.2 Å². The van der Waals surface area contributed by atoms with Crippen LogP contribution in [0, 0.1) is 5.92 Å². The second-order valence-electron chi connectivity index (χ2n) is 5.66. The largest absolute Gasteiger partial charge is 0.240 e. The molecule has 2 aromatic rings. The van der Waals surface area contributed by atoms with Crippen molar-refractivity contribution >= 4 is 20.8 Å². The quantitative estimate of drug-likeness (QED) is 0.915. The van der Waals surface area contributed by atoms with Crippen LogP contribution in [0.15, 0.2) is 47.4 Å². The third-order valence-corrected chi connectivity index (χ3v) is 4.80. The zero-order valence-electron chi connectivity index (χ0n) is 12.1. The Kier molecular flexibility index (Phi) is 4.45. The molecule has 4 heteroatoms. The Hall–Kier alpha value is -1.39. The predicted octanol–water partition coefficient (Wildman–Crippen LogP) is 3.55. The molecule has 0 aliphatic rings. The van der Waals surface area contributed by atoms with Crippen LogP contribution in [0.25, 0.3) is 10.8 Å². The Morgan fingerprint density at radius 1 is 1.00 bits per heavy atom. The van der Waals surface area contributed by atoms with Gasteiger partial charge in [-0.15, -0.1) is 0 Å². The standard InChI is InChI=1S/C16H21NO2S/c1-12(2)10-13(3)17-20(18,19)16-9-8-14-6-4-5-7-15(14)11-16/h4-9,11-13,17H,10H2,1-3H3. The summed E-state index contributed by atoms with van der Waals surface area (Å²) in [5.74, 6) is 0.462. The average Bonchev–Trinajstić information content (AvgIpc) is 2.36. The Morgan fingerprint density at radius 3 is 2.30 bits per heavy atom. The molecular formula is C16H21NO2S. The molecule has 3 nitrogen and oxygen atoms in total. The molecule has 0 fully saturated rings. The van der Waals surface area contributed by atoms with Crippen molar-refractivity contribution < 1.29 is 8.42 Å². The molecule has 0 aliphatic carbocycles. The molecule has 0 radical (unpaired) electrons. The van der Waals surface area contributed by atoms with E-state index in [1.54, 1.807) is 12.1 Å². The van der Waals surface area contributed by atoms with Crippen LogP contribution in [0.3, 0.4) is 0 Å². The summed E-state index contributed by atoms with van der Waals surface area (Å²) in [7, 11) is -3.45. The molecule has 0 spiro atoms. The van der Waals surface area contributed by atoms with Gasteiger partial charge in [0.15, 0.2) is 0 Å². The van der Waals surface area contributed by atoms with Crippen LogP contribution < -0.4 is 4.72 Å². The van der Waals surface area contributed by atoms with Gasteiger partial charge >= 0.3 is 0 Å². The fourth-order valence-electron chi connectivity index (χ4n) is 2.42. The van der Waals surface area contributed by atoms with Crippen LogP contribution in [0.2, 0.25) is 0 Å². The summed E-state index contributed by atoms with van der Waals surface area (Å²) in [6.07, 6.45) is 0.826. The summed E-state index contributed by atoms with van der Waals surface area (Å²) in [6, 6.07) is 12.9. The van der Waals surface area contributed by atoms with Gasteiger partial charge < -0.3 is 0 Å². The van der Waals surface area contributed by atoms with E-state index in [1.165, 1.54) is 0 Å².